The number of anilines is 1. The molecule has 0 saturated carbocycles. The molecule has 9 heteroatoms. The summed E-state index contributed by atoms with van der Waals surface area (Å²) in [4.78, 5) is 23.8. The average Bonchev–Trinajstić information content (AvgIpc) is 3.13. The summed E-state index contributed by atoms with van der Waals surface area (Å²) in [6, 6.07) is 13.6. The molecule has 0 saturated heterocycles. The second-order valence-electron chi connectivity index (χ2n) is 5.73. The van der Waals surface area contributed by atoms with Gasteiger partial charge in [-0.3, -0.25) is 14.9 Å². The zero-order valence-electron chi connectivity index (χ0n) is 15.4. The lowest BCUT2D eigenvalue weighted by atomic mass is 10.1. The van der Waals surface area contributed by atoms with E-state index in [1.165, 1.54) is 23.1 Å². The molecule has 0 bridgehead atoms. The Hall–Kier alpha value is -2.65. The summed E-state index contributed by atoms with van der Waals surface area (Å²) in [5.74, 6) is -0.0259. The van der Waals surface area contributed by atoms with Crippen LogP contribution in [-0.2, 0) is 14.3 Å². The number of aromatic nitrogens is 2. The van der Waals surface area contributed by atoms with E-state index in [9.17, 15) is 9.59 Å². The van der Waals surface area contributed by atoms with E-state index in [0.29, 0.717) is 21.8 Å². The number of hydrogen-bond donors (Lipinski definition) is 1. The number of benzene rings is 2. The van der Waals surface area contributed by atoms with Crippen LogP contribution < -0.4 is 10.1 Å². The van der Waals surface area contributed by atoms with Crippen LogP contribution in [0.15, 0.2) is 46.8 Å². The van der Waals surface area contributed by atoms with Crippen molar-refractivity contribution in [3.8, 4) is 5.75 Å². The van der Waals surface area contributed by atoms with Crippen LogP contribution in [0.3, 0.4) is 0 Å². The molecule has 146 valence electrons. The highest BCUT2D eigenvalue weighted by Crippen LogP contribution is 2.29. The van der Waals surface area contributed by atoms with Gasteiger partial charge in [0.25, 0.3) is 5.91 Å². The predicted molar refractivity (Wildman–Crippen MR) is 110 cm³/mol. The number of rotatable bonds is 8. The minimum Gasteiger partial charge on any atom is -0.484 e. The van der Waals surface area contributed by atoms with E-state index in [1.54, 1.807) is 13.8 Å². The Morgan fingerprint density at radius 2 is 1.96 bits per heavy atom. The third-order valence-electron chi connectivity index (χ3n) is 3.64. The Morgan fingerprint density at radius 1 is 1.18 bits per heavy atom. The molecule has 2 aromatic carbocycles. The summed E-state index contributed by atoms with van der Waals surface area (Å²) in [6.07, 6.45) is 0. The van der Waals surface area contributed by atoms with Crippen molar-refractivity contribution in [1.82, 2.24) is 10.2 Å². The fourth-order valence-corrected chi connectivity index (χ4v) is 4.24. The molecule has 1 aromatic heterocycles. The van der Waals surface area contributed by atoms with Crippen molar-refractivity contribution in [3.63, 3.8) is 0 Å². The van der Waals surface area contributed by atoms with E-state index in [0.717, 1.165) is 10.8 Å². The van der Waals surface area contributed by atoms with Gasteiger partial charge < -0.3 is 9.47 Å². The third-order valence-corrected chi connectivity index (χ3v) is 5.64. The molecule has 1 N–H and O–H groups in total. The van der Waals surface area contributed by atoms with Crippen molar-refractivity contribution >= 4 is 50.9 Å². The standard InChI is InChI=1S/C19H19N3O4S2/c1-3-25-17(24)12(2)27-19-22-21-18(28-19)20-16(23)11-26-15-9-8-13-6-4-5-7-14(13)10-15/h4-10,12H,3,11H2,1-2H3,(H,20,21,23). The van der Waals surface area contributed by atoms with Crippen molar-refractivity contribution in [3.05, 3.63) is 42.5 Å². The fraction of sp³-hybridized carbons (Fsp3) is 0.263. The Bertz CT molecular complexity index is 976. The van der Waals surface area contributed by atoms with Gasteiger partial charge >= 0.3 is 5.97 Å². The Labute approximate surface area is 170 Å². The van der Waals surface area contributed by atoms with Gasteiger partial charge in [-0.25, -0.2) is 0 Å². The molecule has 0 aliphatic heterocycles. The molecule has 0 fully saturated rings. The van der Waals surface area contributed by atoms with Crippen molar-refractivity contribution in [2.45, 2.75) is 23.4 Å². The number of thioether (sulfide) groups is 1. The SMILES string of the molecule is CCOC(=O)C(C)Sc1nnc(NC(=O)COc2ccc3ccccc3c2)s1. The highest BCUT2D eigenvalue weighted by molar-refractivity contribution is 8.02. The zero-order valence-corrected chi connectivity index (χ0v) is 17.0. The molecule has 28 heavy (non-hydrogen) atoms. The molecule has 3 rings (SSSR count). The first-order valence-corrected chi connectivity index (χ1v) is 10.3. The quantitative estimate of drug-likeness (QED) is 0.339. The number of amides is 1. The number of hydrogen-bond acceptors (Lipinski definition) is 8. The maximum Gasteiger partial charge on any atom is 0.319 e. The van der Waals surface area contributed by atoms with Gasteiger partial charge in [-0.15, -0.1) is 10.2 Å². The summed E-state index contributed by atoms with van der Waals surface area (Å²) < 4.78 is 11.1. The normalized spacial score (nSPS) is 11.8. The lowest BCUT2D eigenvalue weighted by Gasteiger charge is -2.07. The molecule has 7 nitrogen and oxygen atoms in total. The van der Waals surface area contributed by atoms with Gasteiger partial charge in [0.05, 0.1) is 6.61 Å². The van der Waals surface area contributed by atoms with Gasteiger partial charge in [0.2, 0.25) is 5.13 Å². The number of carbonyl (C=O) groups is 2. The van der Waals surface area contributed by atoms with Gasteiger partial charge in [0, 0.05) is 0 Å². The van der Waals surface area contributed by atoms with Crippen molar-refractivity contribution in [1.29, 1.82) is 0 Å². The summed E-state index contributed by atoms with van der Waals surface area (Å²) >= 11 is 2.43. The van der Waals surface area contributed by atoms with Crippen LogP contribution >= 0.6 is 23.1 Å². The fourth-order valence-electron chi connectivity index (χ4n) is 2.33. The van der Waals surface area contributed by atoms with Crippen molar-refractivity contribution in [2.24, 2.45) is 0 Å². The molecule has 1 heterocycles. The lowest BCUT2D eigenvalue weighted by molar-refractivity contribution is -0.142. The minimum atomic E-state index is -0.396. The average molecular weight is 418 g/mol. The zero-order chi connectivity index (χ0) is 19.9. The van der Waals surface area contributed by atoms with E-state index >= 15 is 0 Å². The van der Waals surface area contributed by atoms with Gasteiger partial charge in [-0.1, -0.05) is 53.4 Å². The Morgan fingerprint density at radius 3 is 2.75 bits per heavy atom. The van der Waals surface area contributed by atoms with Crippen LogP contribution in [0.5, 0.6) is 5.75 Å². The summed E-state index contributed by atoms with van der Waals surface area (Å²) in [5, 5.41) is 12.6. The molecule has 0 aliphatic carbocycles. The first-order valence-electron chi connectivity index (χ1n) is 8.63. The van der Waals surface area contributed by atoms with Crippen LogP contribution in [0.1, 0.15) is 13.8 Å². The van der Waals surface area contributed by atoms with E-state index < -0.39 is 5.25 Å². The molecule has 1 atom stereocenters. The monoisotopic (exact) mass is 417 g/mol. The second-order valence-corrected chi connectivity index (χ2v) is 8.30. The van der Waals surface area contributed by atoms with Crippen molar-refractivity contribution in [2.75, 3.05) is 18.5 Å². The molecule has 1 unspecified atom stereocenters. The van der Waals surface area contributed by atoms with E-state index in [4.69, 9.17) is 9.47 Å². The molecule has 0 aliphatic rings. The number of carbonyl (C=O) groups excluding carboxylic acids is 2. The van der Waals surface area contributed by atoms with Crippen LogP contribution in [0, 0.1) is 0 Å². The highest BCUT2D eigenvalue weighted by Gasteiger charge is 2.18. The van der Waals surface area contributed by atoms with E-state index in [-0.39, 0.29) is 18.5 Å². The first-order chi connectivity index (χ1) is 13.5. The Kier molecular flexibility index (Phi) is 6.83. The lowest BCUT2D eigenvalue weighted by Crippen LogP contribution is -2.20. The van der Waals surface area contributed by atoms with Gasteiger partial charge in [0.1, 0.15) is 11.0 Å². The third kappa shape index (κ3) is 5.43. The second kappa shape index (κ2) is 9.52. The van der Waals surface area contributed by atoms with Gasteiger partial charge in [-0.2, -0.15) is 0 Å². The van der Waals surface area contributed by atoms with Crippen molar-refractivity contribution < 1.29 is 19.1 Å². The summed E-state index contributed by atoms with van der Waals surface area (Å²) in [6.45, 7) is 3.69. The van der Waals surface area contributed by atoms with Gasteiger partial charge in [-0.05, 0) is 36.8 Å². The van der Waals surface area contributed by atoms with E-state index in [1.807, 2.05) is 42.5 Å². The van der Waals surface area contributed by atoms with Crippen LogP contribution in [0.25, 0.3) is 10.8 Å². The molecular formula is C19H19N3O4S2. The van der Waals surface area contributed by atoms with Crippen LogP contribution in [-0.4, -0.2) is 40.5 Å². The summed E-state index contributed by atoms with van der Waals surface area (Å²) in [5.41, 5.74) is 0. The molecule has 3 aromatic rings. The molecule has 0 spiro atoms. The number of nitrogens with one attached hydrogen (secondary N) is 1. The number of fused-ring (bicyclic) bond motifs is 1. The smallest absolute Gasteiger partial charge is 0.319 e. The maximum absolute atomic E-state index is 12.1. The summed E-state index contributed by atoms with van der Waals surface area (Å²) in [7, 11) is 0. The first kappa shape index (κ1) is 20.1. The number of esters is 1. The van der Waals surface area contributed by atoms with E-state index in [2.05, 4.69) is 15.5 Å². The Balaban J connectivity index is 1.50. The number of nitrogens with zero attached hydrogens (tertiary/aromatic N) is 2. The largest absolute Gasteiger partial charge is 0.484 e. The molecule has 0 radical (unpaired) electrons. The topological polar surface area (TPSA) is 90.4 Å². The number of ether oxygens (including phenoxy) is 2. The van der Waals surface area contributed by atoms with Gasteiger partial charge in [0.15, 0.2) is 10.9 Å². The highest BCUT2D eigenvalue weighted by atomic mass is 32.2. The molecular weight excluding hydrogens is 398 g/mol. The maximum atomic E-state index is 12.1. The van der Waals surface area contributed by atoms with Crippen LogP contribution in [0.4, 0.5) is 5.13 Å². The minimum absolute atomic E-state index is 0.139. The molecule has 1 amide bonds. The van der Waals surface area contributed by atoms with Crippen LogP contribution in [0.2, 0.25) is 0 Å². The predicted octanol–water partition coefficient (Wildman–Crippen LogP) is 3.75.